The number of hydrogen-bond donors (Lipinski definition) is 0. The summed E-state index contributed by atoms with van der Waals surface area (Å²) in [4.78, 5) is 0. The molecule has 1 fully saturated rings. The van der Waals surface area contributed by atoms with Crippen molar-refractivity contribution in [3.05, 3.63) is 0 Å². The Morgan fingerprint density at radius 1 is 1.00 bits per heavy atom. The number of ether oxygens (including phenoxy) is 2. The van der Waals surface area contributed by atoms with Crippen molar-refractivity contribution in [1.29, 1.82) is 0 Å². The van der Waals surface area contributed by atoms with Crippen LogP contribution in [0.3, 0.4) is 0 Å². The van der Waals surface area contributed by atoms with E-state index in [0.717, 1.165) is 13.2 Å². The Bertz CT molecular complexity index is 137. The van der Waals surface area contributed by atoms with Gasteiger partial charge in [0.1, 0.15) is 0 Å². The molecule has 0 amide bonds. The molecule has 0 radical (unpaired) electrons. The Morgan fingerprint density at radius 3 is 1.93 bits per heavy atom. The molecule has 1 rings (SSSR count). The zero-order valence-corrected chi connectivity index (χ0v) is 9.79. The highest BCUT2D eigenvalue weighted by Gasteiger charge is 2.21. The molecule has 14 heavy (non-hydrogen) atoms. The van der Waals surface area contributed by atoms with Crippen molar-refractivity contribution in [3.63, 3.8) is 0 Å². The van der Waals surface area contributed by atoms with Gasteiger partial charge in [-0.25, -0.2) is 0 Å². The summed E-state index contributed by atoms with van der Waals surface area (Å²) in [6.45, 7) is 8.23. The molecule has 0 saturated heterocycles. The molecule has 2 heteroatoms. The van der Waals surface area contributed by atoms with Gasteiger partial charge in [0, 0.05) is 13.2 Å². The van der Waals surface area contributed by atoms with Crippen LogP contribution < -0.4 is 0 Å². The second-order valence-electron chi connectivity index (χ2n) is 4.58. The molecule has 0 heterocycles. The summed E-state index contributed by atoms with van der Waals surface area (Å²) in [6, 6.07) is 0. The lowest BCUT2D eigenvalue weighted by atomic mass is 9.95. The Kier molecular flexibility index (Phi) is 5.49. The van der Waals surface area contributed by atoms with Crippen LogP contribution in [0, 0.1) is 5.92 Å². The molecule has 0 bridgehead atoms. The van der Waals surface area contributed by atoms with Gasteiger partial charge in [-0.1, -0.05) is 13.8 Å². The van der Waals surface area contributed by atoms with Gasteiger partial charge in [-0.2, -0.15) is 0 Å². The fraction of sp³-hybridized carbons (Fsp3) is 1.00. The first-order valence-corrected chi connectivity index (χ1v) is 5.95. The first-order chi connectivity index (χ1) is 6.72. The smallest absolute Gasteiger partial charge is 0.0577 e. The molecule has 2 nitrogen and oxygen atoms in total. The van der Waals surface area contributed by atoms with Crippen LogP contribution in [-0.4, -0.2) is 25.4 Å². The Labute approximate surface area is 88.0 Å². The third-order valence-corrected chi connectivity index (χ3v) is 2.69. The molecule has 0 aromatic rings. The molecule has 0 spiro atoms. The van der Waals surface area contributed by atoms with Crippen molar-refractivity contribution in [2.45, 2.75) is 58.7 Å². The minimum Gasteiger partial charge on any atom is -0.379 e. The predicted octanol–water partition coefficient (Wildman–Crippen LogP) is 3.01. The van der Waals surface area contributed by atoms with Crippen LogP contribution in [-0.2, 0) is 9.47 Å². The second-order valence-corrected chi connectivity index (χ2v) is 4.58. The molecule has 0 unspecified atom stereocenters. The van der Waals surface area contributed by atoms with Gasteiger partial charge in [0.2, 0.25) is 0 Å². The summed E-state index contributed by atoms with van der Waals surface area (Å²) in [5, 5.41) is 0. The molecule has 0 atom stereocenters. The molecule has 0 aromatic carbocycles. The second kappa shape index (κ2) is 6.41. The van der Waals surface area contributed by atoms with Crippen LogP contribution in [0.1, 0.15) is 46.5 Å². The highest BCUT2D eigenvalue weighted by Crippen LogP contribution is 2.23. The number of rotatable bonds is 5. The third-order valence-electron chi connectivity index (χ3n) is 2.69. The first kappa shape index (κ1) is 12.0. The summed E-state index contributed by atoms with van der Waals surface area (Å²) in [6.07, 6.45) is 5.70. The largest absolute Gasteiger partial charge is 0.379 e. The quantitative estimate of drug-likeness (QED) is 0.679. The minimum atomic E-state index is 0.495. The minimum absolute atomic E-state index is 0.495. The topological polar surface area (TPSA) is 18.5 Å². The molecular formula is C12H24O2. The molecule has 1 aliphatic rings. The van der Waals surface area contributed by atoms with E-state index in [2.05, 4.69) is 20.8 Å². The number of hydrogen-bond acceptors (Lipinski definition) is 2. The van der Waals surface area contributed by atoms with E-state index in [-0.39, 0.29) is 0 Å². The summed E-state index contributed by atoms with van der Waals surface area (Å²) in [7, 11) is 0. The summed E-state index contributed by atoms with van der Waals surface area (Å²) in [5.41, 5.74) is 0. The van der Waals surface area contributed by atoms with Gasteiger partial charge in [-0.05, 0) is 38.5 Å². The summed E-state index contributed by atoms with van der Waals surface area (Å²) < 4.78 is 11.4. The van der Waals surface area contributed by atoms with E-state index in [1.807, 2.05) is 0 Å². The third kappa shape index (κ3) is 4.43. The van der Waals surface area contributed by atoms with Gasteiger partial charge in [0.05, 0.1) is 12.2 Å². The van der Waals surface area contributed by atoms with Crippen molar-refractivity contribution in [3.8, 4) is 0 Å². The molecule has 0 aliphatic heterocycles. The van der Waals surface area contributed by atoms with Gasteiger partial charge < -0.3 is 9.47 Å². The van der Waals surface area contributed by atoms with Gasteiger partial charge in [0.15, 0.2) is 0 Å². The van der Waals surface area contributed by atoms with Crippen molar-refractivity contribution in [2.75, 3.05) is 13.2 Å². The fourth-order valence-electron chi connectivity index (χ4n) is 1.93. The normalized spacial score (nSPS) is 28.3. The fourth-order valence-corrected chi connectivity index (χ4v) is 1.93. The van der Waals surface area contributed by atoms with E-state index in [4.69, 9.17) is 9.47 Å². The lowest BCUT2D eigenvalue weighted by Crippen LogP contribution is -2.27. The van der Waals surface area contributed by atoms with Crippen molar-refractivity contribution >= 4 is 0 Å². The highest BCUT2D eigenvalue weighted by molar-refractivity contribution is 4.73. The lowest BCUT2D eigenvalue weighted by molar-refractivity contribution is -0.0344. The maximum absolute atomic E-state index is 5.82. The van der Waals surface area contributed by atoms with Crippen LogP contribution >= 0.6 is 0 Å². The molecule has 1 saturated carbocycles. The molecule has 84 valence electrons. The van der Waals surface area contributed by atoms with Crippen molar-refractivity contribution in [1.82, 2.24) is 0 Å². The van der Waals surface area contributed by atoms with Crippen molar-refractivity contribution in [2.24, 2.45) is 5.92 Å². The zero-order chi connectivity index (χ0) is 10.4. The summed E-state index contributed by atoms with van der Waals surface area (Å²) in [5.74, 6) is 0.652. The molecule has 0 aromatic heterocycles. The van der Waals surface area contributed by atoms with E-state index >= 15 is 0 Å². The van der Waals surface area contributed by atoms with E-state index in [9.17, 15) is 0 Å². The molecule has 0 N–H and O–H groups in total. The van der Waals surface area contributed by atoms with Crippen LogP contribution in [0.4, 0.5) is 0 Å². The maximum Gasteiger partial charge on any atom is 0.0577 e. The average Bonchev–Trinajstić information content (AvgIpc) is 2.17. The SMILES string of the molecule is CCOC1CCC(OCC(C)C)CC1. The van der Waals surface area contributed by atoms with E-state index in [1.54, 1.807) is 0 Å². The highest BCUT2D eigenvalue weighted by atomic mass is 16.5. The first-order valence-electron chi connectivity index (χ1n) is 5.95. The van der Waals surface area contributed by atoms with E-state index in [1.165, 1.54) is 25.7 Å². The van der Waals surface area contributed by atoms with Gasteiger partial charge in [0.25, 0.3) is 0 Å². The molecular weight excluding hydrogens is 176 g/mol. The Balaban J connectivity index is 2.09. The van der Waals surface area contributed by atoms with E-state index in [0.29, 0.717) is 18.1 Å². The maximum atomic E-state index is 5.82. The summed E-state index contributed by atoms with van der Waals surface area (Å²) >= 11 is 0. The predicted molar refractivity (Wildman–Crippen MR) is 58.5 cm³/mol. The Hall–Kier alpha value is -0.0800. The van der Waals surface area contributed by atoms with Crippen LogP contribution in [0.25, 0.3) is 0 Å². The van der Waals surface area contributed by atoms with Crippen molar-refractivity contribution < 1.29 is 9.47 Å². The van der Waals surface area contributed by atoms with Gasteiger partial charge >= 0.3 is 0 Å². The van der Waals surface area contributed by atoms with E-state index < -0.39 is 0 Å². The van der Waals surface area contributed by atoms with Crippen LogP contribution in [0.15, 0.2) is 0 Å². The van der Waals surface area contributed by atoms with Crippen LogP contribution in [0.2, 0.25) is 0 Å². The molecule has 1 aliphatic carbocycles. The van der Waals surface area contributed by atoms with Crippen LogP contribution in [0.5, 0.6) is 0 Å². The van der Waals surface area contributed by atoms with Gasteiger partial charge in [-0.3, -0.25) is 0 Å². The standard InChI is InChI=1S/C12H24O2/c1-4-13-11-5-7-12(8-6-11)14-9-10(2)3/h10-12H,4-9H2,1-3H3. The monoisotopic (exact) mass is 200 g/mol. The average molecular weight is 200 g/mol. The Morgan fingerprint density at radius 2 is 1.50 bits per heavy atom. The zero-order valence-electron chi connectivity index (χ0n) is 9.79. The van der Waals surface area contributed by atoms with Gasteiger partial charge in [-0.15, -0.1) is 0 Å². The lowest BCUT2D eigenvalue weighted by Gasteiger charge is -2.28.